The number of aromatic nitrogens is 2. The molecule has 4 heteroatoms. The first-order valence-electron chi connectivity index (χ1n) is 5.60. The molecule has 0 saturated carbocycles. The van der Waals surface area contributed by atoms with Gasteiger partial charge < -0.3 is 10.6 Å². The van der Waals surface area contributed by atoms with Crippen LogP contribution in [-0.2, 0) is 13.5 Å². The number of likely N-dealkylation sites (tertiary alicyclic amines) is 1. The Morgan fingerprint density at radius 3 is 2.87 bits per heavy atom. The highest BCUT2D eigenvalue weighted by molar-refractivity contribution is 5.04. The largest absolute Gasteiger partial charge is 0.326 e. The van der Waals surface area contributed by atoms with Gasteiger partial charge in [-0.1, -0.05) is 6.92 Å². The summed E-state index contributed by atoms with van der Waals surface area (Å²) in [7, 11) is 1.96. The smallest absolute Gasteiger partial charge is 0.0522 e. The van der Waals surface area contributed by atoms with Gasteiger partial charge in [-0.05, 0) is 17.9 Å². The molecule has 15 heavy (non-hydrogen) atoms. The highest BCUT2D eigenvalue weighted by Gasteiger charge is 2.25. The van der Waals surface area contributed by atoms with E-state index in [9.17, 15) is 0 Å². The molecule has 2 N–H and O–H groups in total. The molecular weight excluding hydrogens is 188 g/mol. The summed E-state index contributed by atoms with van der Waals surface area (Å²) in [5.74, 6) is 0.638. The van der Waals surface area contributed by atoms with Gasteiger partial charge in [-0.2, -0.15) is 5.10 Å². The normalized spacial score (nSPS) is 27.4. The van der Waals surface area contributed by atoms with Gasteiger partial charge in [-0.15, -0.1) is 0 Å². The summed E-state index contributed by atoms with van der Waals surface area (Å²) in [6, 6.07) is 0.360. The lowest BCUT2D eigenvalue weighted by Gasteiger charge is -2.13. The van der Waals surface area contributed by atoms with Crippen molar-refractivity contribution in [1.29, 1.82) is 0 Å². The maximum atomic E-state index is 5.98. The van der Waals surface area contributed by atoms with E-state index in [-0.39, 0.29) is 0 Å². The Labute approximate surface area is 91.1 Å². The van der Waals surface area contributed by atoms with Crippen LogP contribution >= 0.6 is 0 Å². The third-order valence-electron chi connectivity index (χ3n) is 3.22. The lowest BCUT2D eigenvalue weighted by Crippen LogP contribution is -2.29. The zero-order valence-corrected chi connectivity index (χ0v) is 9.56. The van der Waals surface area contributed by atoms with Crippen molar-refractivity contribution in [2.45, 2.75) is 19.4 Å². The first-order valence-corrected chi connectivity index (χ1v) is 5.60. The summed E-state index contributed by atoms with van der Waals surface area (Å²) >= 11 is 0. The maximum Gasteiger partial charge on any atom is 0.0522 e. The molecular formula is C11H20N4. The van der Waals surface area contributed by atoms with Crippen LogP contribution in [0.1, 0.15) is 12.5 Å². The topological polar surface area (TPSA) is 47.1 Å². The quantitative estimate of drug-likeness (QED) is 0.774. The minimum atomic E-state index is 0.360. The van der Waals surface area contributed by atoms with Crippen molar-refractivity contribution in [3.05, 3.63) is 18.0 Å². The minimum Gasteiger partial charge on any atom is -0.326 e. The zero-order valence-electron chi connectivity index (χ0n) is 9.56. The summed E-state index contributed by atoms with van der Waals surface area (Å²) in [5.41, 5.74) is 7.29. The minimum absolute atomic E-state index is 0.360. The molecule has 1 aliphatic rings. The molecule has 4 nitrogen and oxygen atoms in total. The molecule has 2 atom stereocenters. The van der Waals surface area contributed by atoms with Crippen LogP contribution in [0.15, 0.2) is 12.4 Å². The fraction of sp³-hybridized carbons (Fsp3) is 0.727. The van der Waals surface area contributed by atoms with Crippen LogP contribution in [0.4, 0.5) is 0 Å². The van der Waals surface area contributed by atoms with Crippen LogP contribution < -0.4 is 5.73 Å². The van der Waals surface area contributed by atoms with E-state index >= 15 is 0 Å². The Morgan fingerprint density at radius 2 is 2.33 bits per heavy atom. The SMILES string of the molecule is CC1CN(CCc2cnn(C)c2)CC1N. The van der Waals surface area contributed by atoms with Crippen LogP contribution in [-0.4, -0.2) is 40.4 Å². The third-order valence-corrected chi connectivity index (χ3v) is 3.22. The average Bonchev–Trinajstić information content (AvgIpc) is 2.72. The first-order chi connectivity index (χ1) is 7.15. The van der Waals surface area contributed by atoms with Gasteiger partial charge in [0.25, 0.3) is 0 Å². The van der Waals surface area contributed by atoms with Gasteiger partial charge in [0, 0.05) is 38.9 Å². The summed E-state index contributed by atoms with van der Waals surface area (Å²) in [4.78, 5) is 2.45. The standard InChI is InChI=1S/C11H20N4/c1-9-6-15(8-11(9)12)4-3-10-5-13-14(2)7-10/h5,7,9,11H,3-4,6,8,12H2,1-2H3. The van der Waals surface area contributed by atoms with E-state index in [0.29, 0.717) is 12.0 Å². The second kappa shape index (κ2) is 4.33. The highest BCUT2D eigenvalue weighted by Crippen LogP contribution is 2.14. The van der Waals surface area contributed by atoms with E-state index in [1.54, 1.807) is 0 Å². The fourth-order valence-corrected chi connectivity index (χ4v) is 2.17. The van der Waals surface area contributed by atoms with Gasteiger partial charge >= 0.3 is 0 Å². The zero-order chi connectivity index (χ0) is 10.8. The van der Waals surface area contributed by atoms with Gasteiger partial charge in [-0.3, -0.25) is 4.68 Å². The summed E-state index contributed by atoms with van der Waals surface area (Å²) in [5, 5.41) is 4.17. The van der Waals surface area contributed by atoms with Crippen LogP contribution in [0.5, 0.6) is 0 Å². The Bertz CT molecular complexity index is 310. The van der Waals surface area contributed by atoms with Gasteiger partial charge in [0.2, 0.25) is 0 Å². The molecule has 0 amide bonds. The Hall–Kier alpha value is -0.870. The number of nitrogens with zero attached hydrogens (tertiary/aromatic N) is 3. The van der Waals surface area contributed by atoms with E-state index in [1.807, 2.05) is 17.9 Å². The molecule has 1 aliphatic heterocycles. The predicted molar refractivity (Wildman–Crippen MR) is 60.5 cm³/mol. The number of hydrogen-bond donors (Lipinski definition) is 1. The lowest BCUT2D eigenvalue weighted by molar-refractivity contribution is 0.331. The number of hydrogen-bond acceptors (Lipinski definition) is 3. The van der Waals surface area contributed by atoms with Crippen molar-refractivity contribution in [2.75, 3.05) is 19.6 Å². The van der Waals surface area contributed by atoms with E-state index in [2.05, 4.69) is 23.1 Å². The number of aryl methyl sites for hydroxylation is 1. The molecule has 84 valence electrons. The molecule has 0 aliphatic carbocycles. The predicted octanol–water partition coefficient (Wildman–Crippen LogP) is 0.242. The van der Waals surface area contributed by atoms with Crippen molar-refractivity contribution in [2.24, 2.45) is 18.7 Å². The molecule has 0 radical (unpaired) electrons. The second-order valence-electron chi connectivity index (χ2n) is 4.67. The maximum absolute atomic E-state index is 5.98. The summed E-state index contributed by atoms with van der Waals surface area (Å²) < 4.78 is 1.85. The van der Waals surface area contributed by atoms with Crippen LogP contribution in [0.3, 0.4) is 0 Å². The van der Waals surface area contributed by atoms with E-state index in [4.69, 9.17) is 5.73 Å². The van der Waals surface area contributed by atoms with Gasteiger partial charge in [0.1, 0.15) is 0 Å². The molecule has 2 heterocycles. The number of rotatable bonds is 3. The van der Waals surface area contributed by atoms with Crippen LogP contribution in [0.2, 0.25) is 0 Å². The van der Waals surface area contributed by atoms with Crippen LogP contribution in [0.25, 0.3) is 0 Å². The van der Waals surface area contributed by atoms with Crippen molar-refractivity contribution in [1.82, 2.24) is 14.7 Å². The first kappa shape index (κ1) is 10.6. The average molecular weight is 208 g/mol. The monoisotopic (exact) mass is 208 g/mol. The fourth-order valence-electron chi connectivity index (χ4n) is 2.17. The Balaban J connectivity index is 1.79. The Kier molecular flexibility index (Phi) is 3.07. The van der Waals surface area contributed by atoms with E-state index in [0.717, 1.165) is 26.1 Å². The van der Waals surface area contributed by atoms with Crippen molar-refractivity contribution in [3.63, 3.8) is 0 Å². The molecule has 1 aromatic rings. The van der Waals surface area contributed by atoms with Crippen LogP contribution in [0, 0.1) is 5.92 Å². The molecule has 1 aromatic heterocycles. The number of nitrogens with two attached hydrogens (primary N) is 1. The highest BCUT2D eigenvalue weighted by atomic mass is 15.2. The molecule has 0 aromatic carbocycles. The lowest BCUT2D eigenvalue weighted by atomic mass is 10.1. The molecule has 1 fully saturated rings. The van der Waals surface area contributed by atoms with Gasteiger partial charge in [0.05, 0.1) is 6.20 Å². The van der Waals surface area contributed by atoms with E-state index < -0.39 is 0 Å². The summed E-state index contributed by atoms with van der Waals surface area (Å²) in [6.07, 6.45) is 5.10. The van der Waals surface area contributed by atoms with Gasteiger partial charge in [-0.25, -0.2) is 0 Å². The molecule has 2 rings (SSSR count). The molecule has 0 spiro atoms. The van der Waals surface area contributed by atoms with Crippen molar-refractivity contribution >= 4 is 0 Å². The molecule has 2 unspecified atom stereocenters. The van der Waals surface area contributed by atoms with Crippen molar-refractivity contribution < 1.29 is 0 Å². The summed E-state index contributed by atoms with van der Waals surface area (Å²) in [6.45, 7) is 5.52. The molecule has 1 saturated heterocycles. The van der Waals surface area contributed by atoms with Crippen molar-refractivity contribution in [3.8, 4) is 0 Å². The van der Waals surface area contributed by atoms with E-state index in [1.165, 1.54) is 5.56 Å². The second-order valence-corrected chi connectivity index (χ2v) is 4.67. The molecule has 0 bridgehead atoms. The Morgan fingerprint density at radius 1 is 1.53 bits per heavy atom. The van der Waals surface area contributed by atoms with Gasteiger partial charge in [0.15, 0.2) is 0 Å². The third kappa shape index (κ3) is 2.58.